The average Bonchev–Trinajstić information content (AvgIpc) is 1.19. The fourth-order valence-corrected chi connectivity index (χ4v) is 0. The Balaban J connectivity index is -0.0000000383. The van der Waals surface area contributed by atoms with E-state index < -0.39 is 12.9 Å². The van der Waals surface area contributed by atoms with Crippen LogP contribution in [0.1, 0.15) is 0 Å². The van der Waals surface area contributed by atoms with Crippen molar-refractivity contribution >= 4 is 7.82 Å². The molecule has 0 aliphatic heterocycles. The Hall–Kier alpha value is -0.0677. The van der Waals surface area contributed by atoms with Gasteiger partial charge in [0, 0.05) is 20.4 Å². The molecule has 0 amide bonds. The predicted octanol–water partition coefficient (Wildman–Crippen LogP) is -1.43. The minimum absolute atomic E-state index is 0. The first-order valence-electron chi connectivity index (χ1n) is 1.31. The van der Waals surface area contributed by atoms with Crippen LogP contribution < -0.4 is 11.0 Å². The summed E-state index contributed by atoms with van der Waals surface area (Å²) in [5.41, 5.74) is 0. The molecular weight excluding hydrogens is 277 g/mol. The van der Waals surface area contributed by atoms with E-state index in [1.54, 1.807) is 0 Å². The second kappa shape index (κ2) is 9.93. The van der Waals surface area contributed by atoms with Gasteiger partial charge in [-0.15, -0.1) is 0 Å². The number of quaternary nitrogens is 1. The molecule has 6 N–H and O–H groups in total. The van der Waals surface area contributed by atoms with E-state index in [9.17, 15) is 0 Å². The molecular formula is H6N2O7PPd-. The molecule has 0 spiro atoms. The van der Waals surface area contributed by atoms with Gasteiger partial charge in [0.2, 0.25) is 0 Å². The summed E-state index contributed by atoms with van der Waals surface area (Å²) in [6.07, 6.45) is 0. The maximum Gasteiger partial charge on any atom is 0.262 e. The minimum atomic E-state index is -4.89. The van der Waals surface area contributed by atoms with Crippen LogP contribution in [0.15, 0.2) is 0 Å². The smallest absolute Gasteiger partial charge is 0.262 e. The topological polar surface area (TPSA) is 183 Å². The van der Waals surface area contributed by atoms with Crippen LogP contribution in [-0.2, 0) is 25.0 Å². The monoisotopic (exact) mass is 283 g/mol. The summed E-state index contributed by atoms with van der Waals surface area (Å²) >= 11 is 0. The normalized spacial score (nSPS) is 7.55. The Kier molecular flexibility index (Phi) is 20.3. The molecule has 0 aliphatic carbocycles. The minimum Gasteiger partial charge on any atom is -0.756 e. The summed E-state index contributed by atoms with van der Waals surface area (Å²) in [4.78, 5) is 31.2. The van der Waals surface area contributed by atoms with Gasteiger partial charge in [0.15, 0.2) is 0 Å². The summed E-state index contributed by atoms with van der Waals surface area (Å²) in [6.45, 7) is 0. The Bertz CT molecular complexity index is 116. The zero-order valence-corrected chi connectivity index (χ0v) is 7.60. The molecule has 9 nitrogen and oxygen atoms in total. The van der Waals surface area contributed by atoms with Crippen molar-refractivity contribution in [1.29, 1.82) is 0 Å². The fourth-order valence-electron chi connectivity index (χ4n) is 0. The van der Waals surface area contributed by atoms with Crippen molar-refractivity contribution in [2.24, 2.45) is 0 Å². The number of hydrogen-bond donors (Lipinski definition) is 3. The van der Waals surface area contributed by atoms with Crippen molar-refractivity contribution in [3.63, 3.8) is 0 Å². The molecule has 11 heteroatoms. The third-order valence-electron chi connectivity index (χ3n) is 0. The number of nitrogens with zero attached hydrogens (tertiary/aromatic N) is 1. The Morgan fingerprint density at radius 2 is 1.27 bits per heavy atom. The quantitative estimate of drug-likeness (QED) is 0.210. The predicted molar refractivity (Wildman–Crippen MR) is 28.4 cm³/mol. The molecule has 0 heterocycles. The van der Waals surface area contributed by atoms with Crippen molar-refractivity contribution in [3.05, 3.63) is 15.3 Å². The molecule has 0 aromatic heterocycles. The molecule has 0 saturated heterocycles. The first kappa shape index (κ1) is 22.4. The van der Waals surface area contributed by atoms with E-state index in [-0.39, 0.29) is 26.6 Å². The number of hydrogen-bond acceptors (Lipinski definition) is 5. The van der Waals surface area contributed by atoms with Gasteiger partial charge in [0.25, 0.3) is 7.82 Å². The first-order chi connectivity index (χ1) is 3.73. The molecule has 0 saturated carbocycles. The molecule has 0 radical (unpaired) electrons. The van der Waals surface area contributed by atoms with Crippen molar-refractivity contribution < 1.29 is 44.8 Å². The first-order valence-corrected chi connectivity index (χ1v) is 2.84. The summed E-state index contributed by atoms with van der Waals surface area (Å²) in [5.74, 6) is 0. The SMILES string of the molecule is O=P([O-])(O)O.O=[N+]([O-])[O-].[NH4+].[Pd]. The van der Waals surface area contributed by atoms with Crippen LogP contribution in [0, 0.1) is 15.3 Å². The summed E-state index contributed by atoms with van der Waals surface area (Å²) in [5, 5.41) is 14.8. The second-order valence-corrected chi connectivity index (χ2v) is 1.70. The molecule has 0 unspecified atom stereocenters. The molecule has 0 bridgehead atoms. The fraction of sp³-hybridized carbons (Fsp3) is 0. The van der Waals surface area contributed by atoms with Crippen LogP contribution in [0.5, 0.6) is 0 Å². The van der Waals surface area contributed by atoms with Gasteiger partial charge in [0.05, 0.1) is 5.09 Å². The van der Waals surface area contributed by atoms with E-state index in [1.165, 1.54) is 0 Å². The van der Waals surface area contributed by atoms with Crippen LogP contribution in [0.3, 0.4) is 0 Å². The van der Waals surface area contributed by atoms with E-state index >= 15 is 0 Å². The summed E-state index contributed by atoms with van der Waals surface area (Å²) in [6, 6.07) is 0. The van der Waals surface area contributed by atoms with E-state index in [0.29, 0.717) is 0 Å². The van der Waals surface area contributed by atoms with Crippen LogP contribution in [0.2, 0.25) is 0 Å². The third kappa shape index (κ3) is 137000. The van der Waals surface area contributed by atoms with Crippen LogP contribution in [-0.4, -0.2) is 14.9 Å². The zero-order chi connectivity index (χ0) is 8.08. The maximum atomic E-state index is 8.77. The third-order valence-corrected chi connectivity index (χ3v) is 0. The van der Waals surface area contributed by atoms with Gasteiger partial charge in [-0.2, -0.15) is 0 Å². The van der Waals surface area contributed by atoms with Crippen LogP contribution in [0.25, 0.3) is 0 Å². The molecule has 0 aromatic rings. The molecule has 0 atom stereocenters. The maximum absolute atomic E-state index is 8.77. The number of rotatable bonds is 0. The van der Waals surface area contributed by atoms with Gasteiger partial charge < -0.3 is 36.2 Å². The molecule has 74 valence electrons. The van der Waals surface area contributed by atoms with E-state index in [0.717, 1.165) is 0 Å². The van der Waals surface area contributed by atoms with E-state index in [4.69, 9.17) is 34.6 Å². The largest absolute Gasteiger partial charge is 0.756 e. The molecule has 0 rings (SSSR count). The van der Waals surface area contributed by atoms with E-state index in [2.05, 4.69) is 0 Å². The van der Waals surface area contributed by atoms with Gasteiger partial charge in [-0.25, -0.2) is 0 Å². The van der Waals surface area contributed by atoms with Gasteiger partial charge in [-0.1, -0.05) is 0 Å². The van der Waals surface area contributed by atoms with Gasteiger partial charge in [0.1, 0.15) is 0 Å². The van der Waals surface area contributed by atoms with Crippen molar-refractivity contribution in [1.82, 2.24) is 6.15 Å². The van der Waals surface area contributed by atoms with E-state index in [1.807, 2.05) is 0 Å². The number of phosphoric acid groups is 1. The molecule has 0 fully saturated rings. The molecule has 0 aromatic carbocycles. The van der Waals surface area contributed by atoms with Crippen molar-refractivity contribution in [2.75, 3.05) is 0 Å². The standard InChI is InChI=1S/NO3.H3N.H3O4P.Pd/c2-1(3)4;;1-5(2,3)4;/h;1H3;(H3,1,2,3,4);/q-1;;;. The van der Waals surface area contributed by atoms with Crippen LogP contribution >= 0.6 is 7.82 Å². The average molecular weight is 283 g/mol. The van der Waals surface area contributed by atoms with Gasteiger partial charge in [-0.05, 0) is 0 Å². The van der Waals surface area contributed by atoms with Gasteiger partial charge in [-0.3, -0.25) is 4.57 Å². The molecule has 0 aliphatic rings. The second-order valence-electron chi connectivity index (χ2n) is 0.714. The Morgan fingerprint density at radius 3 is 1.27 bits per heavy atom. The van der Waals surface area contributed by atoms with Crippen LogP contribution in [0.4, 0.5) is 0 Å². The zero-order valence-electron chi connectivity index (χ0n) is 5.15. The Morgan fingerprint density at radius 1 is 1.27 bits per heavy atom. The Labute approximate surface area is 74.6 Å². The summed E-state index contributed by atoms with van der Waals surface area (Å²) < 4.78 is 8.77. The molecule has 11 heavy (non-hydrogen) atoms. The van der Waals surface area contributed by atoms with Crippen molar-refractivity contribution in [3.8, 4) is 0 Å². The van der Waals surface area contributed by atoms with Gasteiger partial charge >= 0.3 is 0 Å². The summed E-state index contributed by atoms with van der Waals surface area (Å²) in [7, 11) is -4.89. The van der Waals surface area contributed by atoms with Crippen molar-refractivity contribution in [2.45, 2.75) is 0 Å².